The van der Waals surface area contributed by atoms with E-state index in [0.29, 0.717) is 51.7 Å². The van der Waals surface area contributed by atoms with Crippen LogP contribution >= 0.6 is 0 Å². The van der Waals surface area contributed by atoms with Crippen molar-refractivity contribution < 1.29 is 28.7 Å². The predicted octanol–water partition coefficient (Wildman–Crippen LogP) is -0.596. The van der Waals surface area contributed by atoms with Crippen LogP contribution in [0.15, 0.2) is 0 Å². The number of carbonyl (C=O) groups is 5. The average Bonchev–Trinajstić information content (AvgIpc) is 3.47. The number of Topliss-reactive ketones (excluding diaryl/α,β-unsaturated/α-hetero) is 1. The van der Waals surface area contributed by atoms with Gasteiger partial charge in [-0.15, -0.1) is 0 Å². The van der Waals surface area contributed by atoms with Crippen molar-refractivity contribution in [3.8, 4) is 0 Å². The molecule has 3 aliphatic heterocycles. The van der Waals surface area contributed by atoms with Crippen LogP contribution in [-0.4, -0.2) is 77.7 Å². The third kappa shape index (κ3) is 6.03. The number of rotatable bonds is 7. The SMILES string of the molecule is C[C@@H]1NC(=O)[C@@H](C)NC(=O)[C@H](CCCCCC(=O)[C@@H]2CO2)NC(=O)[C@H]2CCCN2C1=O. The van der Waals surface area contributed by atoms with Crippen molar-refractivity contribution in [3.05, 3.63) is 0 Å². The first-order valence-electron chi connectivity index (χ1n) is 11.1. The van der Waals surface area contributed by atoms with Crippen molar-refractivity contribution in [1.29, 1.82) is 0 Å². The number of ketones is 1. The molecule has 4 amide bonds. The quantitative estimate of drug-likeness (QED) is 0.360. The van der Waals surface area contributed by atoms with Gasteiger partial charge in [0.15, 0.2) is 5.78 Å². The van der Waals surface area contributed by atoms with Crippen LogP contribution < -0.4 is 16.0 Å². The summed E-state index contributed by atoms with van der Waals surface area (Å²) in [4.78, 5) is 64.0. The number of ether oxygens (including phenoxy) is 1. The lowest BCUT2D eigenvalue weighted by Crippen LogP contribution is -2.60. The Morgan fingerprint density at radius 3 is 2.39 bits per heavy atom. The molecule has 31 heavy (non-hydrogen) atoms. The second-order valence-electron chi connectivity index (χ2n) is 8.60. The molecule has 3 rings (SSSR count). The molecule has 0 unspecified atom stereocenters. The minimum atomic E-state index is -0.841. The van der Waals surface area contributed by atoms with Crippen molar-refractivity contribution in [2.45, 2.75) is 89.1 Å². The van der Waals surface area contributed by atoms with Crippen LogP contribution in [0.4, 0.5) is 0 Å². The Balaban J connectivity index is 1.62. The summed E-state index contributed by atoms with van der Waals surface area (Å²) < 4.78 is 4.97. The molecule has 3 saturated heterocycles. The van der Waals surface area contributed by atoms with Crippen LogP contribution in [0.1, 0.15) is 58.8 Å². The molecule has 172 valence electrons. The minimum absolute atomic E-state index is 0.108. The maximum atomic E-state index is 12.9. The molecular formula is C21H32N4O6. The number of hydrogen-bond donors (Lipinski definition) is 3. The number of unbranched alkanes of at least 4 members (excludes halogenated alkanes) is 2. The van der Waals surface area contributed by atoms with Crippen molar-refractivity contribution in [2.75, 3.05) is 13.2 Å². The number of nitrogens with one attached hydrogen (secondary N) is 3. The van der Waals surface area contributed by atoms with Gasteiger partial charge in [0.05, 0.1) is 6.61 Å². The maximum absolute atomic E-state index is 12.9. The summed E-state index contributed by atoms with van der Waals surface area (Å²) in [5.74, 6) is -1.42. The zero-order valence-corrected chi connectivity index (χ0v) is 18.1. The van der Waals surface area contributed by atoms with E-state index >= 15 is 0 Å². The highest BCUT2D eigenvalue weighted by Crippen LogP contribution is 2.20. The Bertz CT molecular complexity index is 737. The van der Waals surface area contributed by atoms with E-state index in [1.54, 1.807) is 13.8 Å². The van der Waals surface area contributed by atoms with Gasteiger partial charge in [0.25, 0.3) is 0 Å². The van der Waals surface area contributed by atoms with E-state index in [2.05, 4.69) is 16.0 Å². The fraction of sp³-hybridized carbons (Fsp3) is 0.762. The summed E-state index contributed by atoms with van der Waals surface area (Å²) in [7, 11) is 0. The highest BCUT2D eigenvalue weighted by molar-refractivity contribution is 5.97. The fourth-order valence-corrected chi connectivity index (χ4v) is 4.09. The zero-order chi connectivity index (χ0) is 22.5. The predicted molar refractivity (Wildman–Crippen MR) is 110 cm³/mol. The summed E-state index contributed by atoms with van der Waals surface area (Å²) in [6.45, 7) is 4.08. The van der Waals surface area contributed by atoms with E-state index in [4.69, 9.17) is 4.74 Å². The monoisotopic (exact) mass is 436 g/mol. The van der Waals surface area contributed by atoms with Crippen LogP contribution in [0.3, 0.4) is 0 Å². The normalized spacial score (nSPS) is 31.7. The van der Waals surface area contributed by atoms with Gasteiger partial charge in [0.2, 0.25) is 23.6 Å². The Hall–Kier alpha value is -2.49. The van der Waals surface area contributed by atoms with Gasteiger partial charge in [-0.2, -0.15) is 0 Å². The van der Waals surface area contributed by atoms with Crippen LogP contribution in [0.2, 0.25) is 0 Å². The first-order valence-corrected chi connectivity index (χ1v) is 11.1. The number of nitrogens with zero attached hydrogens (tertiary/aromatic N) is 1. The molecule has 0 radical (unpaired) electrons. The molecule has 0 bridgehead atoms. The molecule has 3 aliphatic rings. The smallest absolute Gasteiger partial charge is 0.245 e. The number of fused-ring (bicyclic) bond motifs is 1. The molecule has 0 aromatic carbocycles. The topological polar surface area (TPSA) is 137 Å². The second kappa shape index (κ2) is 10.2. The highest BCUT2D eigenvalue weighted by Gasteiger charge is 2.39. The lowest BCUT2D eigenvalue weighted by Gasteiger charge is -2.30. The Morgan fingerprint density at radius 1 is 0.968 bits per heavy atom. The Kier molecular flexibility index (Phi) is 7.64. The fourth-order valence-electron chi connectivity index (χ4n) is 4.09. The molecule has 0 saturated carbocycles. The maximum Gasteiger partial charge on any atom is 0.245 e. The van der Waals surface area contributed by atoms with Crippen LogP contribution in [0.5, 0.6) is 0 Å². The highest BCUT2D eigenvalue weighted by atomic mass is 16.6. The number of epoxide rings is 1. The van der Waals surface area contributed by atoms with E-state index in [-0.39, 0.29) is 23.7 Å². The van der Waals surface area contributed by atoms with Gasteiger partial charge in [-0.05, 0) is 39.5 Å². The standard InChI is InChI=1S/C21H32N4O6/c1-12-18(27)23-13(2)21(30)25-10-6-8-15(25)20(29)24-14(19(28)22-12)7-4-3-5-9-16(26)17-11-31-17/h12-15,17H,3-11H2,1-2H3,(H,22,28)(H,23,27)(H,24,29)/t12-,13+,14+,15-,17+/m1/s1. The van der Waals surface area contributed by atoms with Crippen molar-refractivity contribution in [1.82, 2.24) is 20.9 Å². The van der Waals surface area contributed by atoms with Gasteiger partial charge in [0, 0.05) is 13.0 Å². The second-order valence-corrected chi connectivity index (χ2v) is 8.60. The molecule has 0 aromatic heterocycles. The molecule has 10 nitrogen and oxygen atoms in total. The molecule has 3 N–H and O–H groups in total. The Morgan fingerprint density at radius 2 is 1.68 bits per heavy atom. The zero-order valence-electron chi connectivity index (χ0n) is 18.1. The third-order valence-electron chi connectivity index (χ3n) is 6.06. The van der Waals surface area contributed by atoms with Gasteiger partial charge in [-0.3, -0.25) is 24.0 Å². The summed E-state index contributed by atoms with van der Waals surface area (Å²) in [6, 6.07) is -3.07. The summed E-state index contributed by atoms with van der Waals surface area (Å²) in [6.07, 6.45) is 3.89. The number of carbonyl (C=O) groups excluding carboxylic acids is 5. The summed E-state index contributed by atoms with van der Waals surface area (Å²) >= 11 is 0. The molecule has 0 spiro atoms. The van der Waals surface area contributed by atoms with E-state index in [0.717, 1.165) is 6.42 Å². The van der Waals surface area contributed by atoms with Gasteiger partial charge in [0.1, 0.15) is 30.3 Å². The minimum Gasteiger partial charge on any atom is -0.365 e. The van der Waals surface area contributed by atoms with Crippen molar-refractivity contribution in [2.24, 2.45) is 0 Å². The average molecular weight is 437 g/mol. The molecule has 0 aromatic rings. The lowest BCUT2D eigenvalue weighted by molar-refractivity contribution is -0.143. The molecule has 3 fully saturated rings. The van der Waals surface area contributed by atoms with Gasteiger partial charge >= 0.3 is 0 Å². The van der Waals surface area contributed by atoms with Crippen molar-refractivity contribution >= 4 is 29.4 Å². The van der Waals surface area contributed by atoms with Gasteiger partial charge < -0.3 is 25.6 Å². The lowest BCUT2D eigenvalue weighted by atomic mass is 10.0. The van der Waals surface area contributed by atoms with Gasteiger partial charge in [-0.25, -0.2) is 0 Å². The van der Waals surface area contributed by atoms with Crippen LogP contribution in [0.25, 0.3) is 0 Å². The molecule has 5 atom stereocenters. The third-order valence-corrected chi connectivity index (χ3v) is 6.06. The number of hydrogen-bond acceptors (Lipinski definition) is 6. The van der Waals surface area contributed by atoms with E-state index in [1.807, 2.05) is 0 Å². The summed E-state index contributed by atoms with van der Waals surface area (Å²) in [5, 5.41) is 8.05. The number of amides is 4. The van der Waals surface area contributed by atoms with E-state index < -0.39 is 36.0 Å². The van der Waals surface area contributed by atoms with E-state index in [9.17, 15) is 24.0 Å². The first-order chi connectivity index (χ1) is 14.8. The molecule has 10 heteroatoms. The molecular weight excluding hydrogens is 404 g/mol. The van der Waals surface area contributed by atoms with Gasteiger partial charge in [-0.1, -0.05) is 12.8 Å². The molecule has 3 heterocycles. The first kappa shape index (κ1) is 23.2. The van der Waals surface area contributed by atoms with Crippen LogP contribution in [0, 0.1) is 0 Å². The molecule has 0 aliphatic carbocycles. The van der Waals surface area contributed by atoms with Crippen molar-refractivity contribution in [3.63, 3.8) is 0 Å². The van der Waals surface area contributed by atoms with E-state index in [1.165, 1.54) is 4.90 Å². The largest absolute Gasteiger partial charge is 0.365 e. The summed E-state index contributed by atoms with van der Waals surface area (Å²) in [5.41, 5.74) is 0. The van der Waals surface area contributed by atoms with Crippen LogP contribution in [-0.2, 0) is 28.7 Å². The Labute approximate surface area is 181 Å².